The third-order valence-electron chi connectivity index (χ3n) is 3.22. The second-order valence-corrected chi connectivity index (χ2v) is 4.36. The summed E-state index contributed by atoms with van der Waals surface area (Å²) in [6.45, 7) is 2.02. The van der Waals surface area contributed by atoms with E-state index >= 15 is 0 Å². The fraction of sp³-hybridized carbons (Fsp3) is 0.500. The zero-order chi connectivity index (χ0) is 12.3. The molecule has 4 N–H and O–H groups in total. The first kappa shape index (κ1) is 11.9. The normalized spacial score (nSPS) is 20.3. The molecule has 1 aromatic rings. The summed E-state index contributed by atoms with van der Waals surface area (Å²) in [5.74, 6) is -0.275. The number of rotatable bonds is 3. The summed E-state index contributed by atoms with van der Waals surface area (Å²) < 4.78 is 0. The molecule has 1 aliphatic heterocycles. The third-order valence-corrected chi connectivity index (χ3v) is 3.22. The number of aromatic nitrogens is 1. The van der Waals surface area contributed by atoms with E-state index in [9.17, 15) is 4.79 Å². The van der Waals surface area contributed by atoms with E-state index in [1.54, 1.807) is 6.20 Å². The summed E-state index contributed by atoms with van der Waals surface area (Å²) >= 11 is 0. The van der Waals surface area contributed by atoms with Gasteiger partial charge in [0.05, 0.1) is 17.3 Å². The quantitative estimate of drug-likeness (QED) is 0.784. The van der Waals surface area contributed by atoms with Crippen molar-refractivity contribution in [2.24, 2.45) is 17.4 Å². The number of nitrogens with two attached hydrogens (primary N) is 2. The highest BCUT2D eigenvalue weighted by atomic mass is 16.1. The zero-order valence-electron chi connectivity index (χ0n) is 9.80. The molecule has 1 saturated heterocycles. The number of anilines is 1. The SMILES string of the molecule is NCc1ncccc1N1CCCC(C(N)=O)C1. The summed E-state index contributed by atoms with van der Waals surface area (Å²) in [7, 11) is 0. The molecular weight excluding hydrogens is 216 g/mol. The molecule has 17 heavy (non-hydrogen) atoms. The lowest BCUT2D eigenvalue weighted by Gasteiger charge is -2.33. The van der Waals surface area contributed by atoms with Crippen molar-refractivity contribution < 1.29 is 4.79 Å². The summed E-state index contributed by atoms with van der Waals surface area (Å²) in [5.41, 5.74) is 12.9. The number of hydrogen-bond acceptors (Lipinski definition) is 4. The Labute approximate surface area is 101 Å². The number of hydrogen-bond donors (Lipinski definition) is 2. The van der Waals surface area contributed by atoms with Gasteiger partial charge in [0, 0.05) is 25.8 Å². The van der Waals surface area contributed by atoms with E-state index in [1.807, 2.05) is 12.1 Å². The van der Waals surface area contributed by atoms with Crippen LogP contribution in [0.4, 0.5) is 5.69 Å². The molecule has 0 aliphatic carbocycles. The van der Waals surface area contributed by atoms with Crippen molar-refractivity contribution in [3.8, 4) is 0 Å². The number of nitrogens with zero attached hydrogens (tertiary/aromatic N) is 2. The lowest BCUT2D eigenvalue weighted by Crippen LogP contribution is -2.41. The largest absolute Gasteiger partial charge is 0.369 e. The monoisotopic (exact) mass is 234 g/mol. The minimum Gasteiger partial charge on any atom is -0.369 e. The summed E-state index contributed by atoms with van der Waals surface area (Å²) in [5, 5.41) is 0. The molecule has 1 atom stereocenters. The molecule has 1 amide bonds. The van der Waals surface area contributed by atoms with Crippen molar-refractivity contribution in [2.45, 2.75) is 19.4 Å². The molecule has 92 valence electrons. The lowest BCUT2D eigenvalue weighted by molar-refractivity contribution is -0.122. The first-order valence-corrected chi connectivity index (χ1v) is 5.90. The standard InChI is InChI=1S/C12H18N4O/c13-7-10-11(4-1-5-15-10)16-6-2-3-9(8-16)12(14)17/h1,4-5,9H,2-3,6-8,13H2,(H2,14,17). The number of carbonyl (C=O) groups excluding carboxylic acids is 1. The van der Waals surface area contributed by atoms with Crippen LogP contribution in [0.2, 0.25) is 0 Å². The van der Waals surface area contributed by atoms with Crippen molar-refractivity contribution >= 4 is 11.6 Å². The van der Waals surface area contributed by atoms with Gasteiger partial charge in [-0.05, 0) is 25.0 Å². The van der Waals surface area contributed by atoms with Gasteiger partial charge in [0.25, 0.3) is 0 Å². The van der Waals surface area contributed by atoms with Crippen molar-refractivity contribution in [1.29, 1.82) is 0 Å². The van der Waals surface area contributed by atoms with Crippen LogP contribution in [0, 0.1) is 5.92 Å². The maximum Gasteiger partial charge on any atom is 0.222 e. The highest BCUT2D eigenvalue weighted by Gasteiger charge is 2.25. The van der Waals surface area contributed by atoms with Crippen LogP contribution in [-0.2, 0) is 11.3 Å². The van der Waals surface area contributed by atoms with Gasteiger partial charge in [-0.25, -0.2) is 0 Å². The van der Waals surface area contributed by atoms with Crippen LogP contribution >= 0.6 is 0 Å². The smallest absolute Gasteiger partial charge is 0.222 e. The lowest BCUT2D eigenvalue weighted by atomic mass is 9.97. The molecule has 1 unspecified atom stereocenters. The van der Waals surface area contributed by atoms with Crippen LogP contribution in [0.1, 0.15) is 18.5 Å². The molecular formula is C12H18N4O. The number of pyridine rings is 1. The van der Waals surface area contributed by atoms with Crippen LogP contribution < -0.4 is 16.4 Å². The number of primary amides is 1. The molecule has 0 spiro atoms. The van der Waals surface area contributed by atoms with Crippen LogP contribution in [0.15, 0.2) is 18.3 Å². The van der Waals surface area contributed by atoms with E-state index < -0.39 is 0 Å². The van der Waals surface area contributed by atoms with E-state index in [-0.39, 0.29) is 11.8 Å². The molecule has 1 aliphatic rings. The Morgan fingerprint density at radius 3 is 3.12 bits per heavy atom. The van der Waals surface area contributed by atoms with Gasteiger partial charge in [-0.2, -0.15) is 0 Å². The minimum atomic E-state index is -0.215. The molecule has 1 aromatic heterocycles. The second kappa shape index (κ2) is 5.14. The van der Waals surface area contributed by atoms with Gasteiger partial charge in [-0.1, -0.05) is 0 Å². The Morgan fingerprint density at radius 2 is 2.41 bits per heavy atom. The van der Waals surface area contributed by atoms with Gasteiger partial charge in [0.2, 0.25) is 5.91 Å². The Balaban J connectivity index is 2.18. The van der Waals surface area contributed by atoms with Crippen molar-refractivity contribution in [3.63, 3.8) is 0 Å². The van der Waals surface area contributed by atoms with E-state index in [1.165, 1.54) is 0 Å². The predicted octanol–water partition coefficient (Wildman–Crippen LogP) is 0.242. The van der Waals surface area contributed by atoms with E-state index in [0.717, 1.165) is 30.8 Å². The highest BCUT2D eigenvalue weighted by Crippen LogP contribution is 2.24. The van der Waals surface area contributed by atoms with Crippen LogP contribution in [0.25, 0.3) is 0 Å². The Bertz CT molecular complexity index is 407. The molecule has 2 rings (SSSR count). The van der Waals surface area contributed by atoms with Crippen molar-refractivity contribution in [3.05, 3.63) is 24.0 Å². The molecule has 0 radical (unpaired) electrons. The molecule has 0 bridgehead atoms. The molecule has 0 aromatic carbocycles. The molecule has 5 nitrogen and oxygen atoms in total. The minimum absolute atomic E-state index is 0.0606. The number of carbonyl (C=O) groups is 1. The molecule has 0 saturated carbocycles. The van der Waals surface area contributed by atoms with Crippen LogP contribution in [0.5, 0.6) is 0 Å². The van der Waals surface area contributed by atoms with E-state index in [0.29, 0.717) is 13.1 Å². The first-order chi connectivity index (χ1) is 8.22. The van der Waals surface area contributed by atoms with Crippen molar-refractivity contribution in [1.82, 2.24) is 4.98 Å². The predicted molar refractivity (Wildman–Crippen MR) is 66.3 cm³/mol. The zero-order valence-corrected chi connectivity index (χ0v) is 9.80. The first-order valence-electron chi connectivity index (χ1n) is 5.90. The van der Waals surface area contributed by atoms with Crippen molar-refractivity contribution in [2.75, 3.05) is 18.0 Å². The Morgan fingerprint density at radius 1 is 1.59 bits per heavy atom. The fourth-order valence-electron chi connectivity index (χ4n) is 2.30. The molecule has 1 fully saturated rings. The highest BCUT2D eigenvalue weighted by molar-refractivity contribution is 5.77. The van der Waals surface area contributed by atoms with Gasteiger partial charge in [0.15, 0.2) is 0 Å². The molecule has 5 heteroatoms. The fourth-order valence-corrected chi connectivity index (χ4v) is 2.30. The Hall–Kier alpha value is -1.62. The third kappa shape index (κ3) is 2.55. The van der Waals surface area contributed by atoms with Gasteiger partial charge >= 0.3 is 0 Å². The van der Waals surface area contributed by atoms with E-state index in [2.05, 4.69) is 9.88 Å². The Kier molecular flexibility index (Phi) is 3.58. The summed E-state index contributed by atoms with van der Waals surface area (Å²) in [6.07, 6.45) is 3.60. The van der Waals surface area contributed by atoms with Gasteiger partial charge in [-0.3, -0.25) is 9.78 Å². The topological polar surface area (TPSA) is 85.2 Å². The van der Waals surface area contributed by atoms with Gasteiger partial charge in [-0.15, -0.1) is 0 Å². The van der Waals surface area contributed by atoms with Gasteiger partial charge < -0.3 is 16.4 Å². The summed E-state index contributed by atoms with van der Waals surface area (Å²) in [4.78, 5) is 17.7. The van der Waals surface area contributed by atoms with E-state index in [4.69, 9.17) is 11.5 Å². The second-order valence-electron chi connectivity index (χ2n) is 4.36. The average molecular weight is 234 g/mol. The van der Waals surface area contributed by atoms with Crippen LogP contribution in [0.3, 0.4) is 0 Å². The summed E-state index contributed by atoms with van der Waals surface area (Å²) in [6, 6.07) is 3.89. The number of piperidine rings is 1. The maximum absolute atomic E-state index is 11.2. The molecule has 2 heterocycles. The average Bonchev–Trinajstić information content (AvgIpc) is 2.39. The van der Waals surface area contributed by atoms with Gasteiger partial charge in [0.1, 0.15) is 0 Å². The number of amides is 1. The maximum atomic E-state index is 11.2. The van der Waals surface area contributed by atoms with Crippen LogP contribution in [-0.4, -0.2) is 24.0 Å².